The predicted octanol–water partition coefficient (Wildman–Crippen LogP) is 1.70. The minimum absolute atomic E-state index is 0.00637. The first-order valence-electron chi connectivity index (χ1n) is 7.57. The Morgan fingerprint density at radius 2 is 2.15 bits per heavy atom. The van der Waals surface area contributed by atoms with Crippen LogP contribution in [0.15, 0.2) is 6.07 Å². The Labute approximate surface area is 120 Å². The molecule has 2 N–H and O–H groups in total. The Hall–Kier alpha value is -0.910. The van der Waals surface area contributed by atoms with Crippen molar-refractivity contribution in [2.24, 2.45) is 18.7 Å². The molecule has 112 valence electrons. The van der Waals surface area contributed by atoms with E-state index >= 15 is 0 Å². The summed E-state index contributed by atoms with van der Waals surface area (Å²) < 4.78 is 13.5. The molecule has 5 heteroatoms. The van der Waals surface area contributed by atoms with Crippen LogP contribution in [0, 0.1) is 12.8 Å². The number of aryl methyl sites for hydroxylation is 2. The molecule has 1 aromatic heterocycles. The molecule has 0 aromatic carbocycles. The maximum atomic E-state index is 6.53. The van der Waals surface area contributed by atoms with Gasteiger partial charge in [-0.05, 0) is 44.6 Å². The Kier molecular flexibility index (Phi) is 3.84. The minimum atomic E-state index is 0.00637. The van der Waals surface area contributed by atoms with Gasteiger partial charge in [-0.1, -0.05) is 0 Å². The molecular formula is C15H25N3O2. The van der Waals surface area contributed by atoms with E-state index in [2.05, 4.69) is 11.2 Å². The molecule has 0 saturated carbocycles. The van der Waals surface area contributed by atoms with Crippen LogP contribution in [-0.4, -0.2) is 35.2 Å². The number of nitrogens with two attached hydrogens (primary N) is 1. The van der Waals surface area contributed by atoms with Crippen LogP contribution >= 0.6 is 0 Å². The van der Waals surface area contributed by atoms with Crippen molar-refractivity contribution in [2.75, 3.05) is 19.8 Å². The summed E-state index contributed by atoms with van der Waals surface area (Å²) >= 11 is 0. The highest BCUT2D eigenvalue weighted by atomic mass is 16.5. The first-order chi connectivity index (χ1) is 9.60. The molecule has 2 aliphatic rings. The fraction of sp³-hybridized carbons (Fsp3) is 0.800. The van der Waals surface area contributed by atoms with Gasteiger partial charge in [-0.3, -0.25) is 4.68 Å². The lowest BCUT2D eigenvalue weighted by Crippen LogP contribution is -2.46. The Morgan fingerprint density at radius 1 is 1.40 bits per heavy atom. The zero-order valence-electron chi connectivity index (χ0n) is 12.5. The van der Waals surface area contributed by atoms with Crippen molar-refractivity contribution >= 4 is 0 Å². The van der Waals surface area contributed by atoms with Crippen molar-refractivity contribution in [1.29, 1.82) is 0 Å². The molecule has 1 spiro atoms. The van der Waals surface area contributed by atoms with E-state index in [1.165, 1.54) is 0 Å². The van der Waals surface area contributed by atoms with Gasteiger partial charge in [0.25, 0.3) is 0 Å². The fourth-order valence-electron chi connectivity index (χ4n) is 3.65. The first kappa shape index (κ1) is 14.0. The summed E-state index contributed by atoms with van der Waals surface area (Å²) in [5.74, 6) is 0.469. The summed E-state index contributed by atoms with van der Waals surface area (Å²) in [5.41, 5.74) is 8.70. The molecule has 0 bridgehead atoms. The van der Waals surface area contributed by atoms with Crippen molar-refractivity contribution in [1.82, 2.24) is 9.78 Å². The number of rotatable bonds is 2. The van der Waals surface area contributed by atoms with Crippen molar-refractivity contribution in [3.05, 3.63) is 17.5 Å². The Bertz CT molecular complexity index is 460. The molecule has 20 heavy (non-hydrogen) atoms. The molecule has 3 heterocycles. The second-order valence-corrected chi connectivity index (χ2v) is 6.26. The van der Waals surface area contributed by atoms with Gasteiger partial charge in [0.1, 0.15) is 0 Å². The predicted molar refractivity (Wildman–Crippen MR) is 76.3 cm³/mol. The zero-order chi connectivity index (χ0) is 14.2. The van der Waals surface area contributed by atoms with Crippen LogP contribution in [-0.2, 0) is 16.5 Å². The number of nitrogens with zero attached hydrogens (tertiary/aromatic N) is 2. The third kappa shape index (κ3) is 2.62. The Morgan fingerprint density at radius 3 is 2.80 bits per heavy atom. The van der Waals surface area contributed by atoms with Gasteiger partial charge in [0, 0.05) is 32.9 Å². The van der Waals surface area contributed by atoms with Gasteiger partial charge in [-0.15, -0.1) is 0 Å². The number of ether oxygens (including phenoxy) is 2. The van der Waals surface area contributed by atoms with Crippen molar-refractivity contribution in [2.45, 2.75) is 44.2 Å². The average molecular weight is 279 g/mol. The molecule has 0 radical (unpaired) electrons. The van der Waals surface area contributed by atoms with Crippen LogP contribution in [0.3, 0.4) is 0 Å². The topological polar surface area (TPSA) is 62.3 Å². The monoisotopic (exact) mass is 279 g/mol. The molecule has 2 atom stereocenters. The van der Waals surface area contributed by atoms with Crippen LogP contribution in [0.5, 0.6) is 0 Å². The van der Waals surface area contributed by atoms with Gasteiger partial charge in [0.2, 0.25) is 0 Å². The average Bonchev–Trinajstić information content (AvgIpc) is 2.78. The third-order valence-electron chi connectivity index (χ3n) is 4.82. The van der Waals surface area contributed by atoms with Crippen LogP contribution in [0.25, 0.3) is 0 Å². The molecule has 0 amide bonds. The maximum absolute atomic E-state index is 6.53. The Balaban J connectivity index is 1.74. The largest absolute Gasteiger partial charge is 0.381 e. The summed E-state index contributed by atoms with van der Waals surface area (Å²) in [4.78, 5) is 0. The van der Waals surface area contributed by atoms with Crippen LogP contribution in [0.1, 0.15) is 43.1 Å². The zero-order valence-corrected chi connectivity index (χ0v) is 12.5. The van der Waals surface area contributed by atoms with E-state index in [1.54, 1.807) is 0 Å². The van der Waals surface area contributed by atoms with E-state index in [0.717, 1.165) is 56.9 Å². The summed E-state index contributed by atoms with van der Waals surface area (Å²) in [7, 11) is 1.98. The summed E-state index contributed by atoms with van der Waals surface area (Å²) in [6.07, 6.45) is 4.08. The molecule has 0 aliphatic carbocycles. The summed E-state index contributed by atoms with van der Waals surface area (Å²) in [6, 6.07) is 2.15. The minimum Gasteiger partial charge on any atom is -0.381 e. The lowest BCUT2D eigenvalue weighted by molar-refractivity contribution is -0.149. The fourth-order valence-corrected chi connectivity index (χ4v) is 3.65. The van der Waals surface area contributed by atoms with E-state index in [-0.39, 0.29) is 11.6 Å². The van der Waals surface area contributed by atoms with Gasteiger partial charge >= 0.3 is 0 Å². The van der Waals surface area contributed by atoms with Crippen molar-refractivity contribution < 1.29 is 9.47 Å². The normalized spacial score (nSPS) is 27.6. The molecule has 3 rings (SSSR count). The number of hydrogen-bond acceptors (Lipinski definition) is 4. The van der Waals surface area contributed by atoms with Gasteiger partial charge in [0.05, 0.1) is 17.0 Å². The lowest BCUT2D eigenvalue weighted by atomic mass is 9.77. The van der Waals surface area contributed by atoms with Crippen LogP contribution in [0.4, 0.5) is 0 Å². The molecule has 2 saturated heterocycles. The molecule has 1 aromatic rings. The second-order valence-electron chi connectivity index (χ2n) is 6.26. The van der Waals surface area contributed by atoms with E-state index in [4.69, 9.17) is 15.2 Å². The number of aromatic nitrogens is 2. The smallest absolute Gasteiger partial charge is 0.0729 e. The van der Waals surface area contributed by atoms with Crippen molar-refractivity contribution in [3.8, 4) is 0 Å². The second kappa shape index (κ2) is 5.47. The maximum Gasteiger partial charge on any atom is 0.0729 e. The van der Waals surface area contributed by atoms with Gasteiger partial charge in [0.15, 0.2) is 0 Å². The molecule has 5 nitrogen and oxygen atoms in total. The summed E-state index contributed by atoms with van der Waals surface area (Å²) in [6.45, 7) is 4.45. The molecule has 2 aliphatic heterocycles. The van der Waals surface area contributed by atoms with E-state index < -0.39 is 0 Å². The van der Waals surface area contributed by atoms with Gasteiger partial charge < -0.3 is 15.2 Å². The lowest BCUT2D eigenvalue weighted by Gasteiger charge is -2.44. The highest BCUT2D eigenvalue weighted by Crippen LogP contribution is 2.41. The highest BCUT2D eigenvalue weighted by molar-refractivity contribution is 5.14. The van der Waals surface area contributed by atoms with E-state index in [0.29, 0.717) is 5.92 Å². The molecular weight excluding hydrogens is 254 g/mol. The molecule has 2 unspecified atom stereocenters. The standard InChI is InChI=1S/C15H25N3O2/c1-11-9-13(18(2)17-11)14(16)12-3-6-20-15(10-12)4-7-19-8-5-15/h9,12,14H,3-8,10,16H2,1-2H3. The first-order valence-corrected chi connectivity index (χ1v) is 7.57. The summed E-state index contributed by atoms with van der Waals surface area (Å²) in [5, 5.41) is 4.42. The van der Waals surface area contributed by atoms with Gasteiger partial charge in [-0.2, -0.15) is 5.10 Å². The quantitative estimate of drug-likeness (QED) is 0.895. The third-order valence-corrected chi connectivity index (χ3v) is 4.82. The van der Waals surface area contributed by atoms with E-state index in [1.807, 2.05) is 18.7 Å². The van der Waals surface area contributed by atoms with Gasteiger partial charge in [-0.25, -0.2) is 0 Å². The van der Waals surface area contributed by atoms with Crippen LogP contribution < -0.4 is 5.73 Å². The number of hydrogen-bond donors (Lipinski definition) is 1. The highest BCUT2D eigenvalue weighted by Gasteiger charge is 2.41. The molecule has 2 fully saturated rings. The van der Waals surface area contributed by atoms with E-state index in [9.17, 15) is 0 Å². The SMILES string of the molecule is Cc1cc(C(N)C2CCOC3(CCOCC3)C2)n(C)n1. The van der Waals surface area contributed by atoms with Crippen LogP contribution in [0.2, 0.25) is 0 Å². The van der Waals surface area contributed by atoms with Crippen molar-refractivity contribution in [3.63, 3.8) is 0 Å².